The van der Waals surface area contributed by atoms with Crippen molar-refractivity contribution in [3.8, 4) is 0 Å². The lowest BCUT2D eigenvalue weighted by Gasteiger charge is -2.04. The number of alkyl halides is 1. The Hall–Kier alpha value is 0.230. The van der Waals surface area contributed by atoms with Gasteiger partial charge in [0.2, 0.25) is 0 Å². The second kappa shape index (κ2) is 4.39. The van der Waals surface area contributed by atoms with Crippen LogP contribution in [0, 0.1) is 0 Å². The monoisotopic (exact) mass is 354 g/mol. The molecule has 5 heteroatoms. The van der Waals surface area contributed by atoms with Crippen LogP contribution in [-0.2, 0) is 0 Å². The van der Waals surface area contributed by atoms with Crippen molar-refractivity contribution in [2.45, 2.75) is 4.83 Å². The standard InChI is InChI=1S/C9H5Br2ClOS/c10-7-2-1-6(13-7)8(11)9-5(12)3-4-14-9/h1-4,8H. The molecule has 2 rings (SSSR count). The third kappa shape index (κ3) is 2.08. The second-order valence-corrected chi connectivity index (χ2v) is 5.69. The number of furan rings is 1. The van der Waals surface area contributed by atoms with Crippen molar-refractivity contribution < 1.29 is 4.42 Å². The molecule has 0 N–H and O–H groups in total. The van der Waals surface area contributed by atoms with E-state index in [2.05, 4.69) is 31.9 Å². The van der Waals surface area contributed by atoms with Gasteiger partial charge in [0, 0.05) is 4.88 Å². The molecule has 0 aliphatic heterocycles. The summed E-state index contributed by atoms with van der Waals surface area (Å²) in [5.74, 6) is 0.848. The van der Waals surface area contributed by atoms with Crippen LogP contribution in [0.3, 0.4) is 0 Å². The van der Waals surface area contributed by atoms with E-state index in [1.807, 2.05) is 23.6 Å². The average molecular weight is 356 g/mol. The first-order valence-corrected chi connectivity index (χ1v) is 6.77. The van der Waals surface area contributed by atoms with Crippen LogP contribution in [0.15, 0.2) is 32.7 Å². The lowest BCUT2D eigenvalue weighted by Crippen LogP contribution is -1.86. The maximum Gasteiger partial charge on any atom is 0.169 e. The quantitative estimate of drug-likeness (QED) is 0.671. The first-order valence-electron chi connectivity index (χ1n) is 3.80. The first-order chi connectivity index (χ1) is 6.68. The van der Waals surface area contributed by atoms with Gasteiger partial charge < -0.3 is 4.42 Å². The van der Waals surface area contributed by atoms with Gasteiger partial charge in [-0.1, -0.05) is 27.5 Å². The van der Waals surface area contributed by atoms with Crippen molar-refractivity contribution in [2.75, 3.05) is 0 Å². The fourth-order valence-corrected chi connectivity index (χ4v) is 3.49. The fourth-order valence-electron chi connectivity index (χ4n) is 1.08. The SMILES string of the molecule is Clc1ccsc1C(Br)c1ccc(Br)o1. The maximum atomic E-state index is 6.02. The Morgan fingerprint density at radius 3 is 2.64 bits per heavy atom. The van der Waals surface area contributed by atoms with Gasteiger partial charge in [0.1, 0.15) is 10.6 Å². The smallest absolute Gasteiger partial charge is 0.169 e. The van der Waals surface area contributed by atoms with E-state index >= 15 is 0 Å². The Kier molecular flexibility index (Phi) is 3.37. The summed E-state index contributed by atoms with van der Waals surface area (Å²) < 4.78 is 6.17. The van der Waals surface area contributed by atoms with Crippen molar-refractivity contribution >= 4 is 54.8 Å². The Balaban J connectivity index is 2.33. The number of halogens is 3. The topological polar surface area (TPSA) is 13.1 Å². The minimum Gasteiger partial charge on any atom is -0.453 e. The van der Waals surface area contributed by atoms with Crippen molar-refractivity contribution in [1.82, 2.24) is 0 Å². The molecule has 1 atom stereocenters. The molecule has 2 aromatic rings. The van der Waals surface area contributed by atoms with Crippen LogP contribution in [0.4, 0.5) is 0 Å². The molecule has 2 heterocycles. The molecule has 0 spiro atoms. The molecule has 74 valence electrons. The predicted molar refractivity (Wildman–Crippen MR) is 66.5 cm³/mol. The Morgan fingerprint density at radius 2 is 2.14 bits per heavy atom. The Morgan fingerprint density at radius 1 is 1.36 bits per heavy atom. The van der Waals surface area contributed by atoms with E-state index in [4.69, 9.17) is 16.0 Å². The molecule has 0 saturated heterocycles. The van der Waals surface area contributed by atoms with E-state index in [1.54, 1.807) is 11.3 Å². The number of hydrogen-bond donors (Lipinski definition) is 0. The maximum absolute atomic E-state index is 6.02. The highest BCUT2D eigenvalue weighted by Crippen LogP contribution is 2.39. The number of rotatable bonds is 2. The van der Waals surface area contributed by atoms with Gasteiger partial charge in [-0.25, -0.2) is 0 Å². The summed E-state index contributed by atoms with van der Waals surface area (Å²) in [7, 11) is 0. The van der Waals surface area contributed by atoms with Crippen molar-refractivity contribution in [3.63, 3.8) is 0 Å². The van der Waals surface area contributed by atoms with E-state index in [1.165, 1.54) is 0 Å². The molecular formula is C9H5Br2ClOS. The van der Waals surface area contributed by atoms with Gasteiger partial charge in [0.05, 0.1) is 5.02 Å². The van der Waals surface area contributed by atoms with E-state index < -0.39 is 0 Å². The molecule has 1 nitrogen and oxygen atoms in total. The highest BCUT2D eigenvalue weighted by atomic mass is 79.9. The van der Waals surface area contributed by atoms with Gasteiger partial charge in [-0.2, -0.15) is 0 Å². The molecule has 1 unspecified atom stereocenters. The summed E-state index contributed by atoms with van der Waals surface area (Å²) in [6.45, 7) is 0. The zero-order chi connectivity index (χ0) is 10.1. The van der Waals surface area contributed by atoms with Gasteiger partial charge in [0.15, 0.2) is 4.67 Å². The fraction of sp³-hybridized carbons (Fsp3) is 0.111. The van der Waals surface area contributed by atoms with E-state index in [0.29, 0.717) is 0 Å². The molecule has 0 saturated carbocycles. The van der Waals surface area contributed by atoms with Crippen LogP contribution in [0.1, 0.15) is 15.5 Å². The third-order valence-corrected chi connectivity index (χ3v) is 4.78. The minimum absolute atomic E-state index is 0.0290. The van der Waals surface area contributed by atoms with Gasteiger partial charge in [0.25, 0.3) is 0 Å². The summed E-state index contributed by atoms with van der Waals surface area (Å²) >= 11 is 14.4. The van der Waals surface area contributed by atoms with Crippen molar-refractivity contribution in [3.05, 3.63) is 43.9 Å². The van der Waals surface area contributed by atoms with Gasteiger partial charge in [-0.15, -0.1) is 11.3 Å². The average Bonchev–Trinajstić information content (AvgIpc) is 2.73. The van der Waals surface area contributed by atoms with Crippen LogP contribution in [-0.4, -0.2) is 0 Å². The molecule has 2 aromatic heterocycles. The summed E-state index contributed by atoms with van der Waals surface area (Å²) in [4.78, 5) is 1.09. The zero-order valence-electron chi connectivity index (χ0n) is 6.84. The Labute approximate surface area is 107 Å². The predicted octanol–water partition coefficient (Wildman–Crippen LogP) is 5.24. The highest BCUT2D eigenvalue weighted by Gasteiger charge is 2.18. The molecule has 0 amide bonds. The normalized spacial score (nSPS) is 13.1. The van der Waals surface area contributed by atoms with E-state index in [0.717, 1.165) is 20.3 Å². The number of hydrogen-bond acceptors (Lipinski definition) is 2. The molecule has 0 aliphatic carbocycles. The van der Waals surface area contributed by atoms with Crippen LogP contribution in [0.25, 0.3) is 0 Å². The van der Waals surface area contributed by atoms with E-state index in [9.17, 15) is 0 Å². The summed E-state index contributed by atoms with van der Waals surface area (Å²) in [5.41, 5.74) is 0. The van der Waals surface area contributed by atoms with E-state index in [-0.39, 0.29) is 4.83 Å². The van der Waals surface area contributed by atoms with Crippen molar-refractivity contribution in [1.29, 1.82) is 0 Å². The molecular weight excluding hydrogens is 351 g/mol. The first kappa shape index (κ1) is 10.7. The van der Waals surface area contributed by atoms with Crippen molar-refractivity contribution in [2.24, 2.45) is 0 Å². The van der Waals surface area contributed by atoms with Crippen LogP contribution in [0.2, 0.25) is 5.02 Å². The third-order valence-electron chi connectivity index (χ3n) is 1.72. The lowest BCUT2D eigenvalue weighted by molar-refractivity contribution is 0.498. The lowest BCUT2D eigenvalue weighted by atomic mass is 10.3. The Bertz CT molecular complexity index is 437. The molecule has 0 radical (unpaired) electrons. The van der Waals surface area contributed by atoms with Gasteiger partial charge in [-0.3, -0.25) is 0 Å². The molecule has 0 bridgehead atoms. The van der Waals surface area contributed by atoms with Crippen LogP contribution >= 0.6 is 54.8 Å². The summed E-state index contributed by atoms with van der Waals surface area (Å²) in [6.07, 6.45) is 0. The largest absolute Gasteiger partial charge is 0.453 e. The molecule has 0 aromatic carbocycles. The van der Waals surface area contributed by atoms with Crippen LogP contribution in [0.5, 0.6) is 0 Å². The highest BCUT2D eigenvalue weighted by molar-refractivity contribution is 9.10. The minimum atomic E-state index is 0.0290. The molecule has 0 fully saturated rings. The number of thiophene rings is 1. The van der Waals surface area contributed by atoms with Gasteiger partial charge >= 0.3 is 0 Å². The summed E-state index contributed by atoms with van der Waals surface area (Å²) in [5, 5.41) is 2.73. The summed E-state index contributed by atoms with van der Waals surface area (Å²) in [6, 6.07) is 5.67. The molecule has 14 heavy (non-hydrogen) atoms. The second-order valence-electron chi connectivity index (χ2n) is 2.64. The van der Waals surface area contributed by atoms with Crippen LogP contribution < -0.4 is 0 Å². The molecule has 0 aliphatic rings. The zero-order valence-corrected chi connectivity index (χ0v) is 11.6. The van der Waals surface area contributed by atoms with Gasteiger partial charge in [-0.05, 0) is 39.5 Å².